The monoisotopic (exact) mass is 317 g/mol. The number of hydrogen-bond donors (Lipinski definition) is 0. The van der Waals surface area contributed by atoms with Gasteiger partial charge >= 0.3 is 0 Å². The van der Waals surface area contributed by atoms with E-state index < -0.39 is 0 Å². The number of fused-ring (bicyclic) bond motifs is 1. The number of carbonyl (C=O) groups excluding carboxylic acids is 1. The predicted octanol–water partition coefficient (Wildman–Crippen LogP) is 3.91. The van der Waals surface area contributed by atoms with Gasteiger partial charge in [-0.1, -0.05) is 21.3 Å². The highest BCUT2D eigenvalue weighted by Gasteiger charge is 2.30. The van der Waals surface area contributed by atoms with Crippen molar-refractivity contribution in [3.8, 4) is 0 Å². The molecule has 6 heteroatoms. The van der Waals surface area contributed by atoms with E-state index in [1.165, 1.54) is 5.30 Å². The van der Waals surface area contributed by atoms with Gasteiger partial charge in [0.05, 0.1) is 5.69 Å². The maximum Gasteiger partial charge on any atom is 0.168 e. The second kappa shape index (κ2) is 6.81. The number of carbonyl (C=O) groups is 1. The Bertz CT molecular complexity index is 452. The molecule has 1 aliphatic rings. The van der Waals surface area contributed by atoms with E-state index in [2.05, 4.69) is 29.8 Å². The SMILES string of the molecule is CCCC1CCc2nccc(P(P)PP)c2C1=O. The van der Waals surface area contributed by atoms with Crippen molar-refractivity contribution in [2.24, 2.45) is 5.92 Å². The van der Waals surface area contributed by atoms with Crippen molar-refractivity contribution >= 4 is 44.2 Å². The van der Waals surface area contributed by atoms with Crippen LogP contribution in [0.25, 0.3) is 0 Å². The Hall–Kier alpha value is 0.540. The molecule has 18 heavy (non-hydrogen) atoms. The summed E-state index contributed by atoms with van der Waals surface area (Å²) in [6.07, 6.45) is 5.92. The van der Waals surface area contributed by atoms with Crippen molar-refractivity contribution in [3.63, 3.8) is 0 Å². The second-order valence-electron chi connectivity index (χ2n) is 4.54. The summed E-state index contributed by atoms with van der Waals surface area (Å²) in [5.41, 5.74) is 1.99. The Labute approximate surface area is 116 Å². The van der Waals surface area contributed by atoms with E-state index >= 15 is 0 Å². The van der Waals surface area contributed by atoms with Gasteiger partial charge in [-0.3, -0.25) is 9.78 Å². The van der Waals surface area contributed by atoms with Crippen LogP contribution in [-0.2, 0) is 6.42 Å². The molecule has 1 aromatic rings. The van der Waals surface area contributed by atoms with Crippen LogP contribution < -0.4 is 5.30 Å². The molecule has 2 nitrogen and oxygen atoms in total. The predicted molar refractivity (Wildman–Crippen MR) is 89.6 cm³/mol. The van der Waals surface area contributed by atoms with Crippen LogP contribution in [0.15, 0.2) is 12.3 Å². The zero-order valence-corrected chi connectivity index (χ0v) is 14.7. The number of Topliss-reactive ketones (excluding diaryl/α,β-unsaturated/α-hetero) is 1. The third-order valence-electron chi connectivity index (χ3n) is 3.39. The molecule has 0 fully saturated rings. The molecule has 5 atom stereocenters. The quantitative estimate of drug-likeness (QED) is 0.788. The van der Waals surface area contributed by atoms with Crippen molar-refractivity contribution in [3.05, 3.63) is 23.5 Å². The van der Waals surface area contributed by atoms with Crippen molar-refractivity contribution in [2.75, 3.05) is 0 Å². The van der Waals surface area contributed by atoms with Gasteiger partial charge < -0.3 is 0 Å². The normalized spacial score (nSPS) is 21.3. The fraction of sp³-hybridized carbons (Fsp3) is 0.500. The van der Waals surface area contributed by atoms with Gasteiger partial charge in [0.15, 0.2) is 5.78 Å². The van der Waals surface area contributed by atoms with Crippen molar-refractivity contribution in [2.45, 2.75) is 32.6 Å². The van der Waals surface area contributed by atoms with Gasteiger partial charge in [-0.15, -0.1) is 17.9 Å². The molecular formula is C12H19NOP4. The topological polar surface area (TPSA) is 30.0 Å². The van der Waals surface area contributed by atoms with Gasteiger partial charge in [-0.2, -0.15) is 0 Å². The maximum absolute atomic E-state index is 12.6. The van der Waals surface area contributed by atoms with Gasteiger partial charge in [0.1, 0.15) is 0 Å². The molecule has 1 heterocycles. The standard InChI is InChI=1S/C12H19NOP4/c1-2-3-8-4-5-9-11(12(8)14)10(6-7-13-9)18(16)17-15/h6-8,17H,2-5,15-16H2,1H3. The largest absolute Gasteiger partial charge is 0.294 e. The van der Waals surface area contributed by atoms with Crippen LogP contribution in [0.4, 0.5) is 0 Å². The van der Waals surface area contributed by atoms with Gasteiger partial charge in [0, 0.05) is 17.7 Å². The third kappa shape index (κ3) is 2.99. The molecule has 0 aliphatic heterocycles. The van der Waals surface area contributed by atoms with Gasteiger partial charge in [0.2, 0.25) is 0 Å². The summed E-state index contributed by atoms with van der Waals surface area (Å²) in [7, 11) is 6.20. The molecule has 1 aliphatic carbocycles. The lowest BCUT2D eigenvalue weighted by Gasteiger charge is -2.25. The van der Waals surface area contributed by atoms with Crippen molar-refractivity contribution < 1.29 is 4.79 Å². The Morgan fingerprint density at radius 3 is 3.06 bits per heavy atom. The van der Waals surface area contributed by atoms with E-state index in [1.54, 1.807) is 0 Å². The zero-order valence-electron chi connectivity index (χ0n) is 10.5. The van der Waals surface area contributed by atoms with Crippen LogP contribution in [0.3, 0.4) is 0 Å². The summed E-state index contributed by atoms with van der Waals surface area (Å²) in [5.74, 6) is 0.575. The Morgan fingerprint density at radius 2 is 2.39 bits per heavy atom. The lowest BCUT2D eigenvalue weighted by atomic mass is 9.83. The highest BCUT2D eigenvalue weighted by Crippen LogP contribution is 2.65. The minimum Gasteiger partial charge on any atom is -0.294 e. The van der Waals surface area contributed by atoms with E-state index in [0.29, 0.717) is 5.78 Å². The van der Waals surface area contributed by atoms with Crippen LogP contribution in [-0.4, -0.2) is 10.8 Å². The molecule has 0 radical (unpaired) electrons. The number of ketones is 1. The van der Waals surface area contributed by atoms with Crippen LogP contribution >= 0.6 is 33.1 Å². The molecule has 98 valence electrons. The summed E-state index contributed by atoms with van der Waals surface area (Å²) >= 11 is 0. The van der Waals surface area contributed by atoms with E-state index in [-0.39, 0.29) is 13.2 Å². The van der Waals surface area contributed by atoms with Crippen LogP contribution in [0.5, 0.6) is 0 Å². The minimum atomic E-state index is -0.296. The zero-order chi connectivity index (χ0) is 13.1. The molecular weight excluding hydrogens is 298 g/mol. The number of hydrogen-bond acceptors (Lipinski definition) is 2. The van der Waals surface area contributed by atoms with Crippen LogP contribution in [0, 0.1) is 5.92 Å². The molecule has 0 saturated heterocycles. The highest BCUT2D eigenvalue weighted by atomic mass is 32.6. The van der Waals surface area contributed by atoms with Crippen molar-refractivity contribution in [1.29, 1.82) is 0 Å². The van der Waals surface area contributed by atoms with Gasteiger partial charge in [-0.05, 0) is 37.9 Å². The summed E-state index contributed by atoms with van der Waals surface area (Å²) in [6.45, 7) is 2.15. The van der Waals surface area contributed by atoms with Crippen molar-refractivity contribution in [1.82, 2.24) is 4.98 Å². The first-order valence-corrected chi connectivity index (χ1v) is 12.8. The summed E-state index contributed by atoms with van der Waals surface area (Å²) in [6, 6.07) is 2.04. The number of aromatic nitrogens is 1. The number of rotatable bonds is 4. The lowest BCUT2D eigenvalue weighted by molar-refractivity contribution is 0.0894. The first-order valence-electron chi connectivity index (χ1n) is 6.22. The summed E-state index contributed by atoms with van der Waals surface area (Å²) in [4.78, 5) is 17.0. The fourth-order valence-corrected chi connectivity index (χ4v) is 6.21. The summed E-state index contributed by atoms with van der Waals surface area (Å²) in [5, 5.41) is 1.24. The average molecular weight is 317 g/mol. The Balaban J connectivity index is 2.41. The molecule has 2 rings (SSSR count). The highest BCUT2D eigenvalue weighted by molar-refractivity contribution is 8.63. The first-order chi connectivity index (χ1) is 8.69. The summed E-state index contributed by atoms with van der Waals surface area (Å²) < 4.78 is 0. The molecule has 0 amide bonds. The number of nitrogens with zero attached hydrogens (tertiary/aromatic N) is 1. The third-order valence-corrected chi connectivity index (χ3v) is 13.5. The van der Waals surface area contributed by atoms with E-state index in [9.17, 15) is 4.79 Å². The molecule has 5 unspecified atom stereocenters. The molecule has 0 spiro atoms. The Morgan fingerprint density at radius 1 is 1.61 bits per heavy atom. The van der Waals surface area contributed by atoms with Gasteiger partial charge in [-0.25, -0.2) is 0 Å². The van der Waals surface area contributed by atoms with Gasteiger partial charge in [0.25, 0.3) is 0 Å². The number of pyridine rings is 1. The van der Waals surface area contributed by atoms with E-state index in [0.717, 1.165) is 44.9 Å². The molecule has 0 bridgehead atoms. The van der Waals surface area contributed by atoms with Crippen LogP contribution in [0.2, 0.25) is 0 Å². The Kier molecular flexibility index (Phi) is 5.65. The van der Waals surface area contributed by atoms with E-state index in [4.69, 9.17) is 0 Å². The first kappa shape index (κ1) is 14.9. The number of aryl methyl sites for hydroxylation is 1. The smallest absolute Gasteiger partial charge is 0.168 e. The second-order valence-corrected chi connectivity index (χ2v) is 13.7. The minimum absolute atomic E-state index is 0.228. The molecule has 0 N–H and O–H groups in total. The average Bonchev–Trinajstić information content (AvgIpc) is 2.40. The fourth-order valence-electron chi connectivity index (χ4n) is 2.49. The molecule has 0 saturated carbocycles. The maximum atomic E-state index is 12.6. The molecule has 0 aromatic carbocycles. The lowest BCUT2D eigenvalue weighted by Crippen LogP contribution is -2.28. The van der Waals surface area contributed by atoms with Crippen LogP contribution in [0.1, 0.15) is 42.2 Å². The van der Waals surface area contributed by atoms with E-state index in [1.807, 2.05) is 12.3 Å². The molecule has 1 aromatic heterocycles.